The first-order valence-electron chi connectivity index (χ1n) is 8.83. The molecule has 0 saturated heterocycles. The number of hydrogen-bond acceptors (Lipinski definition) is 6. The van der Waals surface area contributed by atoms with E-state index in [1.54, 1.807) is 21.3 Å². The molecular weight excluding hydrogens is 366 g/mol. The number of rotatable bonds is 4. The Morgan fingerprint density at radius 2 is 1.81 bits per heavy atom. The lowest BCUT2D eigenvalue weighted by Gasteiger charge is -2.42. The minimum atomic E-state index is -0.108. The Labute approximate surface area is 163 Å². The van der Waals surface area contributed by atoms with E-state index in [0.29, 0.717) is 22.3 Å². The van der Waals surface area contributed by atoms with Crippen LogP contribution in [0.1, 0.15) is 23.7 Å². The van der Waals surface area contributed by atoms with E-state index < -0.39 is 0 Å². The molecule has 2 heterocycles. The van der Waals surface area contributed by atoms with Gasteiger partial charge in [-0.05, 0) is 36.8 Å². The van der Waals surface area contributed by atoms with Crippen molar-refractivity contribution >= 4 is 23.1 Å². The number of methoxy groups -OCH3 is 3. The Kier molecular flexibility index (Phi) is 4.74. The summed E-state index contributed by atoms with van der Waals surface area (Å²) in [5.41, 5.74) is 3.05. The molecule has 27 heavy (non-hydrogen) atoms. The third kappa shape index (κ3) is 3.04. The van der Waals surface area contributed by atoms with Gasteiger partial charge in [-0.2, -0.15) is 0 Å². The van der Waals surface area contributed by atoms with Crippen molar-refractivity contribution in [3.63, 3.8) is 0 Å². The molecule has 2 aliphatic rings. The van der Waals surface area contributed by atoms with Crippen LogP contribution in [-0.4, -0.2) is 45.2 Å². The van der Waals surface area contributed by atoms with Crippen LogP contribution in [0.2, 0.25) is 5.02 Å². The number of halogens is 1. The normalized spacial score (nSPS) is 18.0. The Morgan fingerprint density at radius 3 is 2.48 bits per heavy atom. The Bertz CT molecular complexity index is 875. The zero-order valence-corrected chi connectivity index (χ0v) is 16.3. The van der Waals surface area contributed by atoms with Gasteiger partial charge in [0.2, 0.25) is 5.75 Å². The number of fused-ring (bicyclic) bond motifs is 3. The minimum Gasteiger partial charge on any atom is -0.493 e. The fraction of sp³-hybridized carbons (Fsp3) is 0.350. The molecule has 0 bridgehead atoms. The molecular formula is C20H22ClN3O3. The van der Waals surface area contributed by atoms with Crippen molar-refractivity contribution in [2.24, 2.45) is 4.99 Å². The Balaban J connectivity index is 1.84. The van der Waals surface area contributed by atoms with Gasteiger partial charge in [0.25, 0.3) is 0 Å². The van der Waals surface area contributed by atoms with Crippen molar-refractivity contribution in [3.8, 4) is 17.2 Å². The number of hydrogen-bond donors (Lipinski definition) is 1. The third-order valence-corrected chi connectivity index (χ3v) is 5.16. The maximum Gasteiger partial charge on any atom is 0.203 e. The molecule has 1 atom stereocenters. The lowest BCUT2D eigenvalue weighted by molar-refractivity contribution is 0.309. The summed E-state index contributed by atoms with van der Waals surface area (Å²) in [7, 11) is 4.85. The first kappa shape index (κ1) is 17.8. The molecule has 1 unspecified atom stereocenters. The van der Waals surface area contributed by atoms with Crippen LogP contribution in [0.3, 0.4) is 0 Å². The largest absolute Gasteiger partial charge is 0.493 e. The number of ether oxygens (including phenoxy) is 3. The van der Waals surface area contributed by atoms with Gasteiger partial charge in [-0.15, -0.1) is 0 Å². The predicted octanol–water partition coefficient (Wildman–Crippen LogP) is 3.94. The molecule has 142 valence electrons. The standard InChI is InChI=1S/C20H22ClN3O3/c1-25-16-9-12(10-17(26-2)18(16)27-3)19-23-15-11-13(21)5-6-14(15)20-22-7-4-8-24(19)20/h5-6,9-11,19,23H,4,7-8H2,1-3H3. The van der Waals surface area contributed by atoms with E-state index in [2.05, 4.69) is 10.2 Å². The number of aliphatic imine (C=N–C) groups is 1. The molecule has 4 rings (SSSR count). The first-order valence-corrected chi connectivity index (χ1v) is 9.21. The molecule has 0 spiro atoms. The average molecular weight is 388 g/mol. The summed E-state index contributed by atoms with van der Waals surface area (Å²) in [6.45, 7) is 1.74. The highest BCUT2D eigenvalue weighted by Gasteiger charge is 2.33. The molecule has 0 radical (unpaired) electrons. The second kappa shape index (κ2) is 7.19. The molecule has 1 N–H and O–H groups in total. The van der Waals surface area contributed by atoms with Gasteiger partial charge in [-0.3, -0.25) is 4.99 Å². The predicted molar refractivity (Wildman–Crippen MR) is 107 cm³/mol. The molecule has 6 nitrogen and oxygen atoms in total. The van der Waals surface area contributed by atoms with E-state index in [1.807, 2.05) is 30.3 Å². The van der Waals surface area contributed by atoms with Crippen LogP contribution in [-0.2, 0) is 0 Å². The summed E-state index contributed by atoms with van der Waals surface area (Å²) >= 11 is 6.23. The van der Waals surface area contributed by atoms with Gasteiger partial charge >= 0.3 is 0 Å². The number of nitrogens with zero attached hydrogens (tertiary/aromatic N) is 2. The molecule has 0 fully saturated rings. The SMILES string of the molecule is COc1cc(C2Nc3cc(Cl)ccc3C3=NCCCN32)cc(OC)c1OC. The molecule has 7 heteroatoms. The molecule has 0 aliphatic carbocycles. The van der Waals surface area contributed by atoms with Crippen LogP contribution in [0.5, 0.6) is 17.2 Å². The van der Waals surface area contributed by atoms with E-state index in [-0.39, 0.29) is 6.17 Å². The van der Waals surface area contributed by atoms with Crippen molar-refractivity contribution in [1.29, 1.82) is 0 Å². The lowest BCUT2D eigenvalue weighted by Crippen LogP contribution is -2.46. The number of amidine groups is 1. The third-order valence-electron chi connectivity index (χ3n) is 4.92. The van der Waals surface area contributed by atoms with E-state index in [1.165, 1.54) is 0 Å². The van der Waals surface area contributed by atoms with E-state index in [9.17, 15) is 0 Å². The van der Waals surface area contributed by atoms with Gasteiger partial charge in [0.15, 0.2) is 11.5 Å². The highest BCUT2D eigenvalue weighted by Crippen LogP contribution is 2.43. The maximum atomic E-state index is 6.23. The van der Waals surface area contributed by atoms with Crippen LogP contribution < -0.4 is 19.5 Å². The summed E-state index contributed by atoms with van der Waals surface area (Å²) < 4.78 is 16.5. The fourth-order valence-electron chi connectivity index (χ4n) is 3.69. The quantitative estimate of drug-likeness (QED) is 0.861. The first-order chi connectivity index (χ1) is 13.2. The molecule has 0 aromatic heterocycles. The number of anilines is 1. The van der Waals surface area contributed by atoms with Gasteiger partial charge in [0, 0.05) is 34.9 Å². The summed E-state index contributed by atoms with van der Waals surface area (Å²) in [6.07, 6.45) is 0.901. The monoisotopic (exact) mass is 387 g/mol. The Morgan fingerprint density at radius 1 is 1.07 bits per heavy atom. The van der Waals surface area contributed by atoms with Crippen LogP contribution in [0.25, 0.3) is 0 Å². The van der Waals surface area contributed by atoms with Gasteiger partial charge in [0.05, 0.1) is 21.3 Å². The lowest BCUT2D eigenvalue weighted by atomic mass is 10.0. The topological polar surface area (TPSA) is 55.3 Å². The zero-order valence-electron chi connectivity index (χ0n) is 15.6. The van der Waals surface area contributed by atoms with Crippen LogP contribution in [0.15, 0.2) is 35.3 Å². The molecule has 2 aromatic carbocycles. The van der Waals surface area contributed by atoms with Crippen molar-refractivity contribution in [2.45, 2.75) is 12.6 Å². The van der Waals surface area contributed by atoms with E-state index in [4.69, 9.17) is 30.8 Å². The smallest absolute Gasteiger partial charge is 0.203 e. The maximum absolute atomic E-state index is 6.23. The van der Waals surface area contributed by atoms with Gasteiger partial charge < -0.3 is 24.4 Å². The minimum absolute atomic E-state index is 0.108. The molecule has 0 amide bonds. The summed E-state index contributed by atoms with van der Waals surface area (Å²) in [6, 6.07) is 9.81. The van der Waals surface area contributed by atoms with Crippen molar-refractivity contribution in [3.05, 3.63) is 46.5 Å². The van der Waals surface area contributed by atoms with Crippen molar-refractivity contribution in [2.75, 3.05) is 39.7 Å². The van der Waals surface area contributed by atoms with E-state index in [0.717, 1.165) is 42.2 Å². The highest BCUT2D eigenvalue weighted by atomic mass is 35.5. The van der Waals surface area contributed by atoms with Crippen molar-refractivity contribution in [1.82, 2.24) is 4.90 Å². The second-order valence-corrected chi connectivity index (χ2v) is 6.88. The van der Waals surface area contributed by atoms with Crippen LogP contribution >= 0.6 is 11.6 Å². The molecule has 2 aromatic rings. The average Bonchev–Trinajstić information content (AvgIpc) is 2.71. The van der Waals surface area contributed by atoms with Crippen LogP contribution in [0, 0.1) is 0 Å². The van der Waals surface area contributed by atoms with E-state index >= 15 is 0 Å². The summed E-state index contributed by atoms with van der Waals surface area (Å²) in [5, 5.41) is 4.29. The fourth-order valence-corrected chi connectivity index (χ4v) is 3.86. The van der Waals surface area contributed by atoms with Crippen molar-refractivity contribution < 1.29 is 14.2 Å². The second-order valence-electron chi connectivity index (χ2n) is 6.45. The van der Waals surface area contributed by atoms with Gasteiger partial charge in [-0.1, -0.05) is 11.6 Å². The van der Waals surface area contributed by atoms with Crippen LogP contribution in [0.4, 0.5) is 5.69 Å². The zero-order chi connectivity index (χ0) is 19.0. The van der Waals surface area contributed by atoms with Gasteiger partial charge in [-0.25, -0.2) is 0 Å². The number of nitrogens with one attached hydrogen (secondary N) is 1. The van der Waals surface area contributed by atoms with Gasteiger partial charge in [0.1, 0.15) is 12.0 Å². The molecule has 0 saturated carbocycles. The highest BCUT2D eigenvalue weighted by molar-refractivity contribution is 6.31. The summed E-state index contributed by atoms with van der Waals surface area (Å²) in [5.74, 6) is 2.82. The summed E-state index contributed by atoms with van der Waals surface area (Å²) in [4.78, 5) is 7.07. The Hall–Kier alpha value is -2.60. The molecule has 2 aliphatic heterocycles. The number of benzene rings is 2.